The number of carbonyl (C=O) groups excluding carboxylic acids is 1. The molecule has 2 atom stereocenters. The fourth-order valence-corrected chi connectivity index (χ4v) is 3.12. The van der Waals surface area contributed by atoms with Gasteiger partial charge in [0, 0.05) is 16.3 Å². The molecule has 0 radical (unpaired) electrons. The molecule has 1 aromatic carbocycles. The number of thioether (sulfide) groups is 1. The van der Waals surface area contributed by atoms with Crippen molar-refractivity contribution in [3.05, 3.63) is 35.9 Å². The maximum atomic E-state index is 12.4. The van der Waals surface area contributed by atoms with Gasteiger partial charge in [0.15, 0.2) is 0 Å². The molecule has 0 saturated heterocycles. The average molecular weight is 356 g/mol. The van der Waals surface area contributed by atoms with Crippen LogP contribution in [0, 0.1) is 5.92 Å². The minimum Gasteiger partial charge on any atom is -0.480 e. The molecule has 4 nitrogen and oxygen atoms in total. The summed E-state index contributed by atoms with van der Waals surface area (Å²) in [4.78, 5) is 23.8. The quantitative estimate of drug-likeness (QED) is 0.627. The molecule has 0 heterocycles. The molecule has 0 aliphatic heterocycles. The molecule has 0 aliphatic rings. The van der Waals surface area contributed by atoms with Gasteiger partial charge in [-0.2, -0.15) is 24.4 Å². The van der Waals surface area contributed by atoms with E-state index in [2.05, 4.69) is 17.9 Å². The van der Waals surface area contributed by atoms with Crippen molar-refractivity contribution in [2.45, 2.75) is 38.0 Å². The number of carboxylic acids is 1. The number of benzene rings is 1. The van der Waals surface area contributed by atoms with Gasteiger partial charge in [0.05, 0.1) is 5.92 Å². The summed E-state index contributed by atoms with van der Waals surface area (Å²) in [6.07, 6.45) is 0.551. The number of nitrogens with one attached hydrogen (secondary N) is 1. The van der Waals surface area contributed by atoms with Crippen LogP contribution in [0.2, 0.25) is 0 Å². The fourth-order valence-electron chi connectivity index (χ4n) is 1.94. The van der Waals surface area contributed by atoms with Crippen LogP contribution in [-0.2, 0) is 16.0 Å². The van der Waals surface area contributed by atoms with Crippen LogP contribution in [0.25, 0.3) is 0 Å². The Morgan fingerprint density at radius 1 is 1.26 bits per heavy atom. The minimum atomic E-state index is -1.01. The normalized spacial score (nSPS) is 14.1. The third-order valence-corrected chi connectivity index (χ3v) is 5.02. The van der Waals surface area contributed by atoms with E-state index in [0.29, 0.717) is 17.9 Å². The van der Waals surface area contributed by atoms with Gasteiger partial charge in [-0.1, -0.05) is 51.1 Å². The van der Waals surface area contributed by atoms with Crippen LogP contribution in [-0.4, -0.2) is 39.3 Å². The van der Waals surface area contributed by atoms with E-state index in [9.17, 15) is 14.7 Å². The highest BCUT2D eigenvalue weighted by molar-refractivity contribution is 8.00. The number of aliphatic carboxylic acids is 1. The van der Waals surface area contributed by atoms with Crippen LogP contribution in [0.3, 0.4) is 0 Å². The Morgan fingerprint density at radius 3 is 2.35 bits per heavy atom. The van der Waals surface area contributed by atoms with E-state index in [-0.39, 0.29) is 16.6 Å². The number of carboxylic acid groups (broad SMARTS) is 1. The minimum absolute atomic E-state index is 0.0502. The third-order valence-electron chi connectivity index (χ3n) is 3.21. The molecular formula is C17H25NO3S2. The van der Waals surface area contributed by atoms with Crippen molar-refractivity contribution < 1.29 is 14.7 Å². The van der Waals surface area contributed by atoms with E-state index in [0.717, 1.165) is 5.56 Å². The van der Waals surface area contributed by atoms with Crippen molar-refractivity contribution >= 4 is 36.3 Å². The van der Waals surface area contributed by atoms with E-state index >= 15 is 0 Å². The zero-order chi connectivity index (χ0) is 17.5. The molecule has 0 bridgehead atoms. The molecule has 0 saturated carbocycles. The predicted octanol–water partition coefficient (Wildman–Crippen LogP) is 2.88. The Labute approximate surface area is 147 Å². The Kier molecular flexibility index (Phi) is 7.99. The van der Waals surface area contributed by atoms with Gasteiger partial charge < -0.3 is 10.4 Å². The van der Waals surface area contributed by atoms with Crippen molar-refractivity contribution in [2.24, 2.45) is 5.92 Å². The van der Waals surface area contributed by atoms with E-state index in [1.54, 1.807) is 0 Å². The zero-order valence-electron chi connectivity index (χ0n) is 13.8. The second kappa shape index (κ2) is 9.23. The Balaban J connectivity index is 2.66. The highest BCUT2D eigenvalue weighted by Crippen LogP contribution is 2.24. The summed E-state index contributed by atoms with van der Waals surface area (Å²) in [5.74, 6) is -0.894. The van der Waals surface area contributed by atoms with Gasteiger partial charge in [-0.05, 0) is 12.0 Å². The molecule has 1 aromatic rings. The number of carbonyl (C=O) groups is 2. The van der Waals surface area contributed by atoms with Gasteiger partial charge in [0.25, 0.3) is 0 Å². The Morgan fingerprint density at radius 2 is 1.87 bits per heavy atom. The lowest BCUT2D eigenvalue weighted by Gasteiger charge is -2.23. The first-order valence-corrected chi connectivity index (χ1v) is 9.16. The van der Waals surface area contributed by atoms with Crippen LogP contribution in [0.15, 0.2) is 30.3 Å². The lowest BCUT2D eigenvalue weighted by molar-refractivity contribution is -0.141. The van der Waals surface area contributed by atoms with Crippen molar-refractivity contribution in [1.82, 2.24) is 5.32 Å². The maximum Gasteiger partial charge on any atom is 0.327 e. The highest BCUT2D eigenvalue weighted by atomic mass is 32.2. The predicted molar refractivity (Wildman–Crippen MR) is 99.3 cm³/mol. The molecule has 128 valence electrons. The molecular weight excluding hydrogens is 330 g/mol. The largest absolute Gasteiger partial charge is 0.480 e. The molecule has 0 aliphatic carbocycles. The SMILES string of the molecule is CC(C)(C)SC[C@H](NC(=O)[C@H](CS)Cc1ccccc1)C(=O)O. The molecule has 0 aromatic heterocycles. The first kappa shape index (κ1) is 19.9. The van der Waals surface area contributed by atoms with Crippen LogP contribution >= 0.6 is 24.4 Å². The van der Waals surface area contributed by atoms with E-state index < -0.39 is 12.0 Å². The second-order valence-electron chi connectivity index (χ2n) is 6.39. The number of amides is 1. The number of hydrogen-bond donors (Lipinski definition) is 3. The summed E-state index contributed by atoms with van der Waals surface area (Å²) in [6, 6.07) is 8.78. The third kappa shape index (κ3) is 7.79. The first-order chi connectivity index (χ1) is 10.7. The van der Waals surface area contributed by atoms with Gasteiger partial charge >= 0.3 is 5.97 Å². The zero-order valence-corrected chi connectivity index (χ0v) is 15.5. The average Bonchev–Trinajstić information content (AvgIpc) is 2.48. The Hall–Kier alpha value is -1.14. The van der Waals surface area contributed by atoms with E-state index in [1.807, 2.05) is 51.1 Å². The topological polar surface area (TPSA) is 66.4 Å². The van der Waals surface area contributed by atoms with Crippen LogP contribution in [0.1, 0.15) is 26.3 Å². The Bertz CT molecular complexity index is 514. The molecule has 0 fully saturated rings. The first-order valence-electron chi connectivity index (χ1n) is 7.55. The summed E-state index contributed by atoms with van der Waals surface area (Å²) in [5, 5.41) is 12.0. The monoisotopic (exact) mass is 355 g/mol. The van der Waals surface area contributed by atoms with E-state index in [1.165, 1.54) is 11.8 Å². The number of hydrogen-bond acceptors (Lipinski definition) is 4. The summed E-state index contributed by atoms with van der Waals surface area (Å²) < 4.78 is -0.0502. The van der Waals surface area contributed by atoms with Gasteiger partial charge in [0.2, 0.25) is 5.91 Å². The van der Waals surface area contributed by atoms with Crippen molar-refractivity contribution in [1.29, 1.82) is 0 Å². The lowest BCUT2D eigenvalue weighted by atomic mass is 10.00. The summed E-state index contributed by atoms with van der Waals surface area (Å²) in [6.45, 7) is 6.05. The van der Waals surface area contributed by atoms with Crippen LogP contribution in [0.5, 0.6) is 0 Å². The smallest absolute Gasteiger partial charge is 0.327 e. The second-order valence-corrected chi connectivity index (χ2v) is 8.60. The number of thiol groups is 1. The molecule has 0 unspecified atom stereocenters. The number of rotatable bonds is 8. The van der Waals surface area contributed by atoms with Crippen molar-refractivity contribution in [3.63, 3.8) is 0 Å². The molecule has 6 heteroatoms. The van der Waals surface area contributed by atoms with Gasteiger partial charge in [0.1, 0.15) is 6.04 Å². The molecule has 1 amide bonds. The summed E-state index contributed by atoms with van der Waals surface area (Å²) in [5.41, 5.74) is 1.04. The molecule has 2 N–H and O–H groups in total. The van der Waals surface area contributed by atoms with Gasteiger partial charge in [-0.15, -0.1) is 0 Å². The standard InChI is InChI=1S/C17H25NO3S2/c1-17(2,3)23-11-14(16(20)21)18-15(19)13(10-22)9-12-7-5-4-6-8-12/h4-8,13-14,22H,9-11H2,1-3H3,(H,18,19)(H,20,21)/t13-,14-/m0/s1. The van der Waals surface area contributed by atoms with Gasteiger partial charge in [-0.25, -0.2) is 4.79 Å². The van der Waals surface area contributed by atoms with Gasteiger partial charge in [-0.3, -0.25) is 4.79 Å². The van der Waals surface area contributed by atoms with Crippen molar-refractivity contribution in [3.8, 4) is 0 Å². The van der Waals surface area contributed by atoms with Crippen LogP contribution < -0.4 is 5.32 Å². The highest BCUT2D eigenvalue weighted by Gasteiger charge is 2.26. The fraction of sp³-hybridized carbons (Fsp3) is 0.529. The molecule has 23 heavy (non-hydrogen) atoms. The molecule has 1 rings (SSSR count). The summed E-state index contributed by atoms with van der Waals surface area (Å²) >= 11 is 5.76. The van der Waals surface area contributed by atoms with Crippen LogP contribution in [0.4, 0.5) is 0 Å². The maximum absolute atomic E-state index is 12.4. The molecule has 0 spiro atoms. The summed E-state index contributed by atoms with van der Waals surface area (Å²) in [7, 11) is 0. The van der Waals surface area contributed by atoms with Crippen molar-refractivity contribution in [2.75, 3.05) is 11.5 Å². The lowest BCUT2D eigenvalue weighted by Crippen LogP contribution is -2.46. The van der Waals surface area contributed by atoms with E-state index in [4.69, 9.17) is 0 Å².